The first-order valence-corrected chi connectivity index (χ1v) is 11.2. The molecular formula is C24H26ClFN2O4. The fourth-order valence-corrected chi connectivity index (χ4v) is 4.38. The zero-order valence-corrected chi connectivity index (χ0v) is 18.5. The molecule has 0 unspecified atom stereocenters. The molecule has 8 heteroatoms. The van der Waals surface area contributed by atoms with Gasteiger partial charge in [-0.25, -0.2) is 4.39 Å². The van der Waals surface area contributed by atoms with E-state index in [4.69, 9.17) is 21.1 Å². The number of likely N-dealkylation sites (tertiary alicyclic amines) is 1. The number of morpholine rings is 1. The first-order valence-electron chi connectivity index (χ1n) is 10.8. The Balaban J connectivity index is 1.49. The fraction of sp³-hybridized carbons (Fsp3) is 0.417. The number of benzene rings is 2. The van der Waals surface area contributed by atoms with Crippen molar-refractivity contribution in [3.8, 4) is 5.75 Å². The van der Waals surface area contributed by atoms with Gasteiger partial charge in [-0.2, -0.15) is 0 Å². The summed E-state index contributed by atoms with van der Waals surface area (Å²) in [5.41, 5.74) is 0.430. The van der Waals surface area contributed by atoms with Crippen molar-refractivity contribution >= 4 is 23.4 Å². The third-order valence-corrected chi connectivity index (χ3v) is 6.16. The highest BCUT2D eigenvalue weighted by Crippen LogP contribution is 2.28. The van der Waals surface area contributed by atoms with Gasteiger partial charge < -0.3 is 19.3 Å². The van der Waals surface area contributed by atoms with Crippen LogP contribution >= 0.6 is 11.6 Å². The number of amides is 2. The molecule has 2 amide bonds. The molecule has 4 rings (SSSR count). The lowest BCUT2D eigenvalue weighted by molar-refractivity contribution is -0.137. The van der Waals surface area contributed by atoms with E-state index < -0.39 is 0 Å². The summed E-state index contributed by atoms with van der Waals surface area (Å²) < 4.78 is 24.8. The maximum atomic E-state index is 13.3. The van der Waals surface area contributed by atoms with Gasteiger partial charge in [0.15, 0.2) is 0 Å². The Hall–Kier alpha value is -2.64. The number of piperidine rings is 1. The lowest BCUT2D eigenvalue weighted by atomic mass is 9.90. The molecule has 0 aliphatic carbocycles. The molecule has 0 spiro atoms. The van der Waals surface area contributed by atoms with E-state index >= 15 is 0 Å². The number of carbonyl (C=O) groups excluding carboxylic acids is 2. The van der Waals surface area contributed by atoms with Gasteiger partial charge in [-0.15, -0.1) is 0 Å². The van der Waals surface area contributed by atoms with Gasteiger partial charge in [0.25, 0.3) is 5.91 Å². The Morgan fingerprint density at radius 1 is 1.06 bits per heavy atom. The van der Waals surface area contributed by atoms with E-state index in [1.54, 1.807) is 21.9 Å². The molecule has 2 aromatic carbocycles. The molecular weight excluding hydrogens is 435 g/mol. The Morgan fingerprint density at radius 2 is 1.81 bits per heavy atom. The molecule has 0 bridgehead atoms. The van der Waals surface area contributed by atoms with Crippen molar-refractivity contribution in [3.05, 3.63) is 64.9 Å². The van der Waals surface area contributed by atoms with Gasteiger partial charge in [-0.1, -0.05) is 17.7 Å². The third-order valence-electron chi connectivity index (χ3n) is 5.93. The van der Waals surface area contributed by atoms with Crippen LogP contribution in [0.15, 0.2) is 48.5 Å². The second-order valence-electron chi connectivity index (χ2n) is 8.12. The molecule has 2 aliphatic heterocycles. The van der Waals surface area contributed by atoms with Gasteiger partial charge in [0.1, 0.15) is 17.7 Å². The lowest BCUT2D eigenvalue weighted by Gasteiger charge is -2.39. The summed E-state index contributed by atoms with van der Waals surface area (Å²) in [7, 11) is 0. The van der Waals surface area contributed by atoms with Gasteiger partial charge in [-0.05, 0) is 42.5 Å². The molecule has 2 fully saturated rings. The first-order chi connectivity index (χ1) is 15.5. The van der Waals surface area contributed by atoms with Gasteiger partial charge in [-0.3, -0.25) is 9.59 Å². The van der Waals surface area contributed by atoms with Crippen LogP contribution in [0.25, 0.3) is 0 Å². The molecule has 0 saturated carbocycles. The van der Waals surface area contributed by atoms with Crippen molar-refractivity contribution in [2.75, 3.05) is 39.4 Å². The van der Waals surface area contributed by atoms with Crippen molar-refractivity contribution in [2.24, 2.45) is 5.92 Å². The minimum atomic E-state index is -0.385. The monoisotopic (exact) mass is 460 g/mol. The molecule has 2 aliphatic rings. The molecule has 6 nitrogen and oxygen atoms in total. The van der Waals surface area contributed by atoms with Crippen LogP contribution in [0.5, 0.6) is 5.75 Å². The minimum Gasteiger partial charge on any atom is -0.490 e. The van der Waals surface area contributed by atoms with E-state index in [1.165, 1.54) is 24.3 Å². The molecule has 2 heterocycles. The number of hydrogen-bond acceptors (Lipinski definition) is 4. The van der Waals surface area contributed by atoms with Crippen molar-refractivity contribution in [2.45, 2.75) is 18.9 Å². The normalized spacial score (nSPS) is 21.3. The van der Waals surface area contributed by atoms with Crippen molar-refractivity contribution in [1.29, 1.82) is 0 Å². The average Bonchev–Trinajstić information content (AvgIpc) is 2.81. The summed E-state index contributed by atoms with van der Waals surface area (Å²) in [5.74, 6) is -0.0552. The quantitative estimate of drug-likeness (QED) is 0.683. The largest absolute Gasteiger partial charge is 0.490 e. The zero-order valence-electron chi connectivity index (χ0n) is 17.7. The smallest absolute Gasteiger partial charge is 0.253 e. The predicted octanol–water partition coefficient (Wildman–Crippen LogP) is 3.64. The van der Waals surface area contributed by atoms with Crippen LogP contribution in [-0.2, 0) is 9.53 Å². The standard InChI is InChI=1S/C24H26ClFN2O4/c25-19-2-1-3-21(15-19)32-22-8-9-28(24(30)17-4-6-20(26)7-5-17)16-18(22)14-23(29)27-10-12-31-13-11-27/h1-7,15,18,22H,8-14,16H2/t18-,22-/m0/s1. The number of nitrogens with zero attached hydrogens (tertiary/aromatic N) is 2. The molecule has 2 saturated heterocycles. The van der Waals surface area contributed by atoms with Crippen LogP contribution in [-0.4, -0.2) is 67.1 Å². The minimum absolute atomic E-state index is 0.0362. The maximum Gasteiger partial charge on any atom is 0.253 e. The van der Waals surface area contributed by atoms with Crippen molar-refractivity contribution in [1.82, 2.24) is 9.80 Å². The van der Waals surface area contributed by atoms with Gasteiger partial charge in [0, 0.05) is 55.5 Å². The van der Waals surface area contributed by atoms with E-state index in [-0.39, 0.29) is 36.1 Å². The van der Waals surface area contributed by atoms with Gasteiger partial charge in [0.2, 0.25) is 5.91 Å². The summed E-state index contributed by atoms with van der Waals surface area (Å²) in [4.78, 5) is 29.5. The molecule has 0 radical (unpaired) electrons. The summed E-state index contributed by atoms with van der Waals surface area (Å²) in [6, 6.07) is 12.7. The van der Waals surface area contributed by atoms with Crippen molar-refractivity contribution in [3.63, 3.8) is 0 Å². The van der Waals surface area contributed by atoms with Crippen LogP contribution in [0.4, 0.5) is 4.39 Å². The van der Waals surface area contributed by atoms with Crippen molar-refractivity contribution < 1.29 is 23.5 Å². The number of halogens is 2. The van der Waals surface area contributed by atoms with Crippen LogP contribution in [0.2, 0.25) is 5.02 Å². The SMILES string of the molecule is O=C(C[C@H]1CN(C(=O)c2ccc(F)cc2)CC[C@@H]1Oc1cccc(Cl)c1)N1CCOCC1. The molecule has 0 N–H and O–H groups in total. The molecule has 32 heavy (non-hydrogen) atoms. The second-order valence-corrected chi connectivity index (χ2v) is 8.55. The number of hydrogen-bond donors (Lipinski definition) is 0. The molecule has 170 valence electrons. The van der Waals surface area contributed by atoms with E-state index in [1.807, 2.05) is 12.1 Å². The lowest BCUT2D eigenvalue weighted by Crippen LogP contribution is -2.50. The summed E-state index contributed by atoms with van der Waals surface area (Å²) in [5, 5.41) is 0.576. The summed E-state index contributed by atoms with van der Waals surface area (Å²) in [6.07, 6.45) is 0.634. The van der Waals surface area contributed by atoms with E-state index in [0.29, 0.717) is 62.1 Å². The predicted molar refractivity (Wildman–Crippen MR) is 118 cm³/mol. The van der Waals surface area contributed by atoms with Crippen LogP contribution in [0.3, 0.4) is 0 Å². The fourth-order valence-electron chi connectivity index (χ4n) is 4.20. The average molecular weight is 461 g/mol. The van der Waals surface area contributed by atoms with E-state index in [0.717, 1.165) is 0 Å². The number of ether oxygens (including phenoxy) is 2. The third kappa shape index (κ3) is 5.58. The molecule has 2 atom stereocenters. The summed E-state index contributed by atoms with van der Waals surface area (Å²) >= 11 is 6.10. The number of carbonyl (C=O) groups is 2. The van der Waals surface area contributed by atoms with Gasteiger partial charge in [0.05, 0.1) is 13.2 Å². The van der Waals surface area contributed by atoms with Crippen LogP contribution in [0.1, 0.15) is 23.2 Å². The zero-order chi connectivity index (χ0) is 22.5. The number of rotatable bonds is 5. The van der Waals surface area contributed by atoms with Crippen LogP contribution in [0, 0.1) is 11.7 Å². The molecule has 0 aromatic heterocycles. The van der Waals surface area contributed by atoms with Gasteiger partial charge >= 0.3 is 0 Å². The topological polar surface area (TPSA) is 59.1 Å². The van der Waals surface area contributed by atoms with Crippen LogP contribution < -0.4 is 4.74 Å². The second kappa shape index (κ2) is 10.3. The maximum absolute atomic E-state index is 13.3. The molecule has 2 aromatic rings. The Morgan fingerprint density at radius 3 is 2.53 bits per heavy atom. The van der Waals surface area contributed by atoms with E-state index in [9.17, 15) is 14.0 Å². The highest BCUT2D eigenvalue weighted by atomic mass is 35.5. The Labute approximate surface area is 191 Å². The summed E-state index contributed by atoms with van der Waals surface area (Å²) in [6.45, 7) is 3.09. The Bertz CT molecular complexity index is 949. The highest BCUT2D eigenvalue weighted by Gasteiger charge is 2.36. The highest BCUT2D eigenvalue weighted by molar-refractivity contribution is 6.30. The van der Waals surface area contributed by atoms with E-state index in [2.05, 4.69) is 0 Å². The first kappa shape index (κ1) is 22.6. The Kier molecular flexibility index (Phi) is 7.27.